The van der Waals surface area contributed by atoms with Crippen molar-refractivity contribution in [1.82, 2.24) is 25.1 Å². The zero-order valence-electron chi connectivity index (χ0n) is 18.8. The van der Waals surface area contributed by atoms with Crippen molar-refractivity contribution in [3.05, 3.63) is 42.3 Å². The standard InChI is InChI=1S/C23H28N6O2S/c1-14(2)12-25-20-17-13-26-29(21(17)28-23(27-20)32-15(3)4)10-9-24-22(30)19-11-16-7-5-6-8-18(16)31-19/h5-8,11,13-15H,9-10,12H2,1-4H3,(H,24,30)(H,25,27,28). The number of carbonyl (C=O) groups excluding carboxylic acids is 1. The average Bonchev–Trinajstić information content (AvgIpc) is 3.36. The highest BCUT2D eigenvalue weighted by molar-refractivity contribution is 7.99. The smallest absolute Gasteiger partial charge is 0.287 e. The van der Waals surface area contributed by atoms with Crippen LogP contribution in [0.2, 0.25) is 0 Å². The molecule has 3 heterocycles. The molecule has 3 aromatic heterocycles. The topological polar surface area (TPSA) is 97.9 Å². The first-order chi connectivity index (χ1) is 15.4. The minimum absolute atomic E-state index is 0.248. The van der Waals surface area contributed by atoms with Crippen LogP contribution in [0.3, 0.4) is 0 Å². The first-order valence-corrected chi connectivity index (χ1v) is 11.7. The van der Waals surface area contributed by atoms with Crippen molar-refractivity contribution >= 4 is 45.5 Å². The van der Waals surface area contributed by atoms with Crippen molar-refractivity contribution in [2.75, 3.05) is 18.4 Å². The quantitative estimate of drug-likeness (QED) is 0.283. The Labute approximate surface area is 191 Å². The second-order valence-electron chi connectivity index (χ2n) is 8.31. The van der Waals surface area contributed by atoms with E-state index in [2.05, 4.69) is 43.4 Å². The summed E-state index contributed by atoms with van der Waals surface area (Å²) < 4.78 is 7.44. The van der Waals surface area contributed by atoms with Gasteiger partial charge in [0.15, 0.2) is 16.6 Å². The van der Waals surface area contributed by atoms with Gasteiger partial charge in [0.2, 0.25) is 0 Å². The number of amides is 1. The summed E-state index contributed by atoms with van der Waals surface area (Å²) in [5.41, 5.74) is 1.46. The van der Waals surface area contributed by atoms with Gasteiger partial charge >= 0.3 is 0 Å². The summed E-state index contributed by atoms with van der Waals surface area (Å²) >= 11 is 1.62. The Hall–Kier alpha value is -3.07. The molecule has 0 radical (unpaired) electrons. The number of nitrogens with one attached hydrogen (secondary N) is 2. The van der Waals surface area contributed by atoms with Gasteiger partial charge < -0.3 is 15.1 Å². The highest BCUT2D eigenvalue weighted by atomic mass is 32.2. The summed E-state index contributed by atoms with van der Waals surface area (Å²) in [6, 6.07) is 9.32. The van der Waals surface area contributed by atoms with Crippen LogP contribution in [0.5, 0.6) is 0 Å². The number of fused-ring (bicyclic) bond motifs is 2. The number of rotatable bonds is 9. The van der Waals surface area contributed by atoms with E-state index in [1.165, 1.54) is 0 Å². The second kappa shape index (κ2) is 9.60. The molecule has 0 unspecified atom stereocenters. The number of hydrogen-bond donors (Lipinski definition) is 2. The monoisotopic (exact) mass is 452 g/mol. The number of thioether (sulfide) groups is 1. The Bertz CT molecular complexity index is 1200. The first-order valence-electron chi connectivity index (χ1n) is 10.8. The first kappa shape index (κ1) is 22.1. The fourth-order valence-electron chi connectivity index (χ4n) is 3.25. The van der Waals surface area contributed by atoms with Gasteiger partial charge in [0, 0.05) is 23.7 Å². The molecule has 0 spiro atoms. The lowest BCUT2D eigenvalue weighted by molar-refractivity contribution is 0.0926. The molecule has 168 valence electrons. The maximum absolute atomic E-state index is 12.5. The van der Waals surface area contributed by atoms with Gasteiger partial charge in [-0.05, 0) is 18.1 Å². The Kier molecular flexibility index (Phi) is 6.64. The van der Waals surface area contributed by atoms with Crippen molar-refractivity contribution < 1.29 is 9.21 Å². The lowest BCUT2D eigenvalue weighted by Gasteiger charge is -2.12. The summed E-state index contributed by atoms with van der Waals surface area (Å²) in [5.74, 6) is 1.34. The van der Waals surface area contributed by atoms with Crippen LogP contribution < -0.4 is 10.6 Å². The fourth-order valence-corrected chi connectivity index (χ4v) is 3.96. The average molecular weight is 453 g/mol. The van der Waals surface area contributed by atoms with Crippen LogP contribution in [0.4, 0.5) is 5.82 Å². The van der Waals surface area contributed by atoms with Crippen LogP contribution in [0.25, 0.3) is 22.0 Å². The Morgan fingerprint density at radius 2 is 2.00 bits per heavy atom. The molecule has 0 aliphatic heterocycles. The molecule has 1 aromatic carbocycles. The largest absolute Gasteiger partial charge is 0.451 e. The molecule has 0 aliphatic rings. The Morgan fingerprint density at radius 3 is 2.75 bits per heavy atom. The van der Waals surface area contributed by atoms with Gasteiger partial charge in [-0.3, -0.25) is 4.79 Å². The number of para-hydroxylation sites is 1. The lowest BCUT2D eigenvalue weighted by atomic mass is 10.2. The molecule has 4 aromatic rings. The number of benzene rings is 1. The number of carbonyl (C=O) groups is 1. The van der Waals surface area contributed by atoms with Crippen molar-refractivity contribution in [2.45, 2.75) is 44.6 Å². The van der Waals surface area contributed by atoms with E-state index in [1.54, 1.807) is 28.7 Å². The van der Waals surface area contributed by atoms with Crippen LogP contribution in [0.1, 0.15) is 38.2 Å². The molecule has 4 rings (SSSR count). The molecule has 32 heavy (non-hydrogen) atoms. The van der Waals surface area contributed by atoms with Gasteiger partial charge in [0.1, 0.15) is 11.4 Å². The number of hydrogen-bond acceptors (Lipinski definition) is 7. The number of aromatic nitrogens is 4. The fraction of sp³-hybridized carbons (Fsp3) is 0.391. The minimum Gasteiger partial charge on any atom is -0.451 e. The van der Waals surface area contributed by atoms with Gasteiger partial charge in [-0.1, -0.05) is 57.7 Å². The Morgan fingerprint density at radius 1 is 1.19 bits per heavy atom. The van der Waals surface area contributed by atoms with E-state index < -0.39 is 0 Å². The van der Waals surface area contributed by atoms with Crippen molar-refractivity contribution in [1.29, 1.82) is 0 Å². The molecular weight excluding hydrogens is 424 g/mol. The van der Waals surface area contributed by atoms with Gasteiger partial charge in [-0.2, -0.15) is 5.10 Å². The van der Waals surface area contributed by atoms with Crippen LogP contribution in [-0.2, 0) is 6.54 Å². The third-order valence-electron chi connectivity index (χ3n) is 4.75. The van der Waals surface area contributed by atoms with E-state index >= 15 is 0 Å². The molecule has 8 nitrogen and oxygen atoms in total. The van der Waals surface area contributed by atoms with Crippen molar-refractivity contribution in [3.63, 3.8) is 0 Å². The predicted octanol–water partition coefficient (Wildman–Crippen LogP) is 4.57. The molecule has 0 atom stereocenters. The lowest BCUT2D eigenvalue weighted by Crippen LogP contribution is -2.27. The van der Waals surface area contributed by atoms with Crippen molar-refractivity contribution in [2.24, 2.45) is 5.92 Å². The Balaban J connectivity index is 1.49. The number of nitrogens with zero attached hydrogens (tertiary/aromatic N) is 4. The third-order valence-corrected chi connectivity index (χ3v) is 5.62. The van der Waals surface area contributed by atoms with E-state index in [0.717, 1.165) is 28.8 Å². The molecular formula is C23H28N6O2S. The maximum atomic E-state index is 12.5. The summed E-state index contributed by atoms with van der Waals surface area (Å²) in [6.45, 7) is 10.2. The molecule has 2 N–H and O–H groups in total. The van der Waals surface area contributed by atoms with Gasteiger partial charge in [0.25, 0.3) is 5.91 Å². The molecule has 0 aliphatic carbocycles. The second-order valence-corrected chi connectivity index (χ2v) is 9.85. The van der Waals surface area contributed by atoms with Gasteiger partial charge in [0.05, 0.1) is 18.1 Å². The zero-order chi connectivity index (χ0) is 22.7. The van der Waals surface area contributed by atoms with Crippen LogP contribution in [0, 0.1) is 5.92 Å². The number of anilines is 1. The summed E-state index contributed by atoms with van der Waals surface area (Å²) in [5, 5.41) is 13.7. The SMILES string of the molecule is CC(C)CNc1nc(SC(C)C)nc2c1cnn2CCNC(=O)c1cc2ccccc2o1. The highest BCUT2D eigenvalue weighted by Gasteiger charge is 2.16. The molecule has 9 heteroatoms. The predicted molar refractivity (Wildman–Crippen MR) is 128 cm³/mol. The van der Waals surface area contributed by atoms with Crippen molar-refractivity contribution in [3.8, 4) is 0 Å². The maximum Gasteiger partial charge on any atom is 0.287 e. The van der Waals surface area contributed by atoms with Crippen LogP contribution >= 0.6 is 11.8 Å². The van der Waals surface area contributed by atoms with E-state index in [0.29, 0.717) is 40.8 Å². The normalized spacial score (nSPS) is 11.7. The van der Waals surface area contributed by atoms with E-state index in [1.807, 2.05) is 24.3 Å². The molecule has 1 amide bonds. The zero-order valence-corrected chi connectivity index (χ0v) is 19.6. The number of furan rings is 1. The highest BCUT2D eigenvalue weighted by Crippen LogP contribution is 2.26. The summed E-state index contributed by atoms with van der Waals surface area (Å²) in [6.07, 6.45) is 1.78. The summed E-state index contributed by atoms with van der Waals surface area (Å²) in [7, 11) is 0. The molecule has 0 saturated carbocycles. The van der Waals surface area contributed by atoms with Crippen LogP contribution in [-0.4, -0.2) is 44.0 Å². The minimum atomic E-state index is -0.248. The van der Waals surface area contributed by atoms with E-state index in [-0.39, 0.29) is 5.91 Å². The summed E-state index contributed by atoms with van der Waals surface area (Å²) in [4.78, 5) is 21.9. The van der Waals surface area contributed by atoms with Gasteiger partial charge in [-0.15, -0.1) is 0 Å². The van der Waals surface area contributed by atoms with Gasteiger partial charge in [-0.25, -0.2) is 14.6 Å². The molecule has 0 bridgehead atoms. The molecule has 0 fully saturated rings. The third kappa shape index (κ3) is 5.04. The molecule has 0 saturated heterocycles. The van der Waals surface area contributed by atoms with E-state index in [4.69, 9.17) is 14.4 Å². The van der Waals surface area contributed by atoms with E-state index in [9.17, 15) is 4.79 Å². The van der Waals surface area contributed by atoms with Crippen LogP contribution in [0.15, 0.2) is 46.1 Å².